The van der Waals surface area contributed by atoms with Crippen molar-refractivity contribution in [2.45, 2.75) is 12.2 Å². The summed E-state index contributed by atoms with van der Waals surface area (Å²) in [5.74, 6) is -0.378. The van der Waals surface area contributed by atoms with Crippen LogP contribution in [-0.4, -0.2) is 27.1 Å². The summed E-state index contributed by atoms with van der Waals surface area (Å²) in [4.78, 5) is 13.6. The van der Waals surface area contributed by atoms with Crippen molar-refractivity contribution in [3.8, 4) is 0 Å². The molecule has 0 bridgehead atoms. The number of amides is 1. The third kappa shape index (κ3) is 4.70. The van der Waals surface area contributed by atoms with E-state index in [4.69, 9.17) is 0 Å². The maximum Gasteiger partial charge on any atom is 0.227 e. The normalized spacial score (nSPS) is 11.1. The van der Waals surface area contributed by atoms with Crippen molar-refractivity contribution in [3.63, 3.8) is 0 Å². The van der Waals surface area contributed by atoms with E-state index >= 15 is 0 Å². The van der Waals surface area contributed by atoms with Crippen LogP contribution in [0.3, 0.4) is 0 Å². The summed E-state index contributed by atoms with van der Waals surface area (Å²) in [7, 11) is -1.64. The minimum absolute atomic E-state index is 0.0133. The molecule has 0 fully saturated rings. The van der Waals surface area contributed by atoms with Gasteiger partial charge >= 0.3 is 0 Å². The average molecular weight is 317 g/mol. The Hall–Kier alpha value is -2.14. The molecule has 116 valence electrons. The van der Waals surface area contributed by atoms with Crippen molar-refractivity contribution >= 4 is 21.4 Å². The molecule has 4 nitrogen and oxygen atoms in total. The summed E-state index contributed by atoms with van der Waals surface area (Å²) < 4.78 is 24.2. The van der Waals surface area contributed by atoms with Crippen LogP contribution in [-0.2, 0) is 20.4 Å². The molecule has 5 heteroatoms. The zero-order chi connectivity index (χ0) is 16.0. The first kappa shape index (κ1) is 16.2. The Morgan fingerprint density at radius 3 is 2.09 bits per heavy atom. The molecule has 0 radical (unpaired) electrons. The van der Waals surface area contributed by atoms with E-state index in [1.165, 1.54) is 4.90 Å². The summed E-state index contributed by atoms with van der Waals surface area (Å²) in [6.45, 7) is 0. The number of hydrogen-bond acceptors (Lipinski definition) is 3. The van der Waals surface area contributed by atoms with Crippen molar-refractivity contribution in [2.24, 2.45) is 0 Å². The number of sulfone groups is 1. The van der Waals surface area contributed by atoms with Crippen LogP contribution in [0.4, 0.5) is 5.69 Å². The predicted molar refractivity (Wildman–Crippen MR) is 88.4 cm³/mol. The highest BCUT2D eigenvalue weighted by Crippen LogP contribution is 2.13. The summed E-state index contributed by atoms with van der Waals surface area (Å²) in [5, 5.41) is 0. The summed E-state index contributed by atoms with van der Waals surface area (Å²) in [5.41, 5.74) is 1.50. The van der Waals surface area contributed by atoms with Gasteiger partial charge in [0.1, 0.15) is 0 Å². The number of carbonyl (C=O) groups excluding carboxylic acids is 1. The quantitative estimate of drug-likeness (QED) is 0.823. The zero-order valence-electron chi connectivity index (χ0n) is 12.5. The van der Waals surface area contributed by atoms with Gasteiger partial charge in [0.05, 0.1) is 11.5 Å². The lowest BCUT2D eigenvalue weighted by molar-refractivity contribution is -0.117. The van der Waals surface area contributed by atoms with Crippen LogP contribution in [0.2, 0.25) is 0 Å². The minimum Gasteiger partial charge on any atom is -0.315 e. The van der Waals surface area contributed by atoms with Gasteiger partial charge < -0.3 is 4.90 Å². The third-order valence-electron chi connectivity index (χ3n) is 3.37. The Balaban J connectivity index is 1.93. The molecule has 0 aliphatic heterocycles. The molecule has 0 atom stereocenters. The molecule has 0 saturated carbocycles. The molecule has 0 spiro atoms. The van der Waals surface area contributed by atoms with Gasteiger partial charge in [0.15, 0.2) is 9.84 Å². The lowest BCUT2D eigenvalue weighted by atomic mass is 10.2. The van der Waals surface area contributed by atoms with Gasteiger partial charge in [-0.15, -0.1) is 0 Å². The second-order valence-corrected chi connectivity index (χ2v) is 7.30. The second kappa shape index (κ2) is 7.22. The fourth-order valence-corrected chi connectivity index (χ4v) is 3.44. The van der Waals surface area contributed by atoms with Gasteiger partial charge in [0.25, 0.3) is 0 Å². The highest BCUT2D eigenvalue weighted by atomic mass is 32.2. The van der Waals surface area contributed by atoms with Crippen LogP contribution in [0.25, 0.3) is 0 Å². The number of hydrogen-bond donors (Lipinski definition) is 0. The lowest BCUT2D eigenvalue weighted by Gasteiger charge is -2.17. The molecule has 2 aromatic rings. The first-order valence-corrected chi connectivity index (χ1v) is 8.86. The Morgan fingerprint density at radius 2 is 1.50 bits per heavy atom. The van der Waals surface area contributed by atoms with Crippen molar-refractivity contribution in [1.82, 2.24) is 0 Å². The first-order valence-electron chi connectivity index (χ1n) is 7.04. The topological polar surface area (TPSA) is 54.5 Å². The van der Waals surface area contributed by atoms with Gasteiger partial charge in [-0.1, -0.05) is 48.5 Å². The molecular weight excluding hydrogens is 298 g/mol. The molecule has 22 heavy (non-hydrogen) atoms. The number of anilines is 1. The van der Waals surface area contributed by atoms with Crippen molar-refractivity contribution in [2.75, 3.05) is 17.7 Å². The third-order valence-corrected chi connectivity index (χ3v) is 4.97. The highest BCUT2D eigenvalue weighted by Gasteiger charge is 2.17. The number of carbonyl (C=O) groups is 1. The fraction of sp³-hybridized carbons (Fsp3) is 0.235. The predicted octanol–water partition coefficient (Wildman–Crippen LogP) is 2.65. The molecule has 0 N–H and O–H groups in total. The van der Waals surface area contributed by atoms with Crippen molar-refractivity contribution < 1.29 is 13.2 Å². The van der Waals surface area contributed by atoms with E-state index in [1.807, 2.05) is 36.4 Å². The number of para-hydroxylation sites is 1. The Bertz CT molecular complexity index is 712. The highest BCUT2D eigenvalue weighted by molar-refractivity contribution is 7.90. The lowest BCUT2D eigenvalue weighted by Crippen LogP contribution is -2.28. The minimum atomic E-state index is -3.29. The van der Waals surface area contributed by atoms with Gasteiger partial charge in [-0.05, 0) is 17.7 Å². The van der Waals surface area contributed by atoms with E-state index in [0.29, 0.717) is 0 Å². The van der Waals surface area contributed by atoms with Crippen molar-refractivity contribution in [3.05, 3.63) is 66.2 Å². The van der Waals surface area contributed by atoms with E-state index in [-0.39, 0.29) is 23.8 Å². The molecular formula is C17H19NO3S. The van der Waals surface area contributed by atoms with E-state index in [9.17, 15) is 13.2 Å². The van der Waals surface area contributed by atoms with Crippen LogP contribution in [0.15, 0.2) is 60.7 Å². The largest absolute Gasteiger partial charge is 0.315 e. The van der Waals surface area contributed by atoms with E-state index in [1.54, 1.807) is 31.3 Å². The molecule has 0 aromatic heterocycles. The zero-order valence-corrected chi connectivity index (χ0v) is 13.3. The molecule has 2 rings (SSSR count). The molecule has 0 saturated heterocycles. The summed E-state index contributed by atoms with van der Waals surface area (Å²) in [6, 6.07) is 18.2. The second-order valence-electron chi connectivity index (χ2n) is 5.12. The standard InChI is InChI=1S/C17H19NO3S/c1-18(16-10-6-3-7-11-16)17(19)12-13-22(20,21)14-15-8-4-2-5-9-15/h2-11H,12-14H2,1H3. The number of rotatable bonds is 6. The number of benzene rings is 2. The summed E-state index contributed by atoms with van der Waals surface area (Å²) >= 11 is 0. The maximum absolute atomic E-state index is 12.1. The monoisotopic (exact) mass is 317 g/mol. The van der Waals surface area contributed by atoms with Crippen molar-refractivity contribution in [1.29, 1.82) is 0 Å². The fourth-order valence-electron chi connectivity index (χ4n) is 2.11. The molecule has 0 unspecified atom stereocenters. The van der Waals surface area contributed by atoms with Gasteiger partial charge in [0, 0.05) is 19.2 Å². The molecule has 0 aliphatic carbocycles. The molecule has 0 heterocycles. The van der Waals surface area contributed by atoms with Crippen LogP contribution in [0.5, 0.6) is 0 Å². The van der Waals surface area contributed by atoms with Gasteiger partial charge in [-0.3, -0.25) is 4.79 Å². The first-order chi connectivity index (χ1) is 10.5. The Morgan fingerprint density at radius 1 is 0.955 bits per heavy atom. The van der Waals surface area contributed by atoms with Gasteiger partial charge in [-0.2, -0.15) is 0 Å². The van der Waals surface area contributed by atoms with Crippen LogP contribution in [0.1, 0.15) is 12.0 Å². The van der Waals surface area contributed by atoms with E-state index in [0.717, 1.165) is 11.3 Å². The SMILES string of the molecule is CN(C(=O)CCS(=O)(=O)Cc1ccccc1)c1ccccc1. The van der Waals surface area contributed by atoms with E-state index in [2.05, 4.69) is 0 Å². The number of nitrogens with zero attached hydrogens (tertiary/aromatic N) is 1. The Kier molecular flexibility index (Phi) is 5.33. The van der Waals surface area contributed by atoms with Crippen LogP contribution < -0.4 is 4.90 Å². The smallest absolute Gasteiger partial charge is 0.227 e. The van der Waals surface area contributed by atoms with Crippen LogP contribution >= 0.6 is 0 Å². The maximum atomic E-state index is 12.1. The van der Waals surface area contributed by atoms with Gasteiger partial charge in [0.2, 0.25) is 5.91 Å². The molecule has 0 aliphatic rings. The molecule has 1 amide bonds. The van der Waals surface area contributed by atoms with Gasteiger partial charge in [-0.25, -0.2) is 8.42 Å². The van der Waals surface area contributed by atoms with E-state index < -0.39 is 9.84 Å². The van der Waals surface area contributed by atoms with Crippen LogP contribution in [0, 0.1) is 0 Å². The average Bonchev–Trinajstić information content (AvgIpc) is 2.53. The Labute approximate surface area is 131 Å². The molecule has 2 aromatic carbocycles. The summed E-state index contributed by atoms with van der Waals surface area (Å²) in [6.07, 6.45) is -0.0133.